The van der Waals surface area contributed by atoms with Gasteiger partial charge < -0.3 is 9.64 Å². The highest BCUT2D eigenvalue weighted by atomic mass is 32.1. The van der Waals surface area contributed by atoms with Gasteiger partial charge in [0.25, 0.3) is 0 Å². The third-order valence-electron chi connectivity index (χ3n) is 4.17. The van der Waals surface area contributed by atoms with Gasteiger partial charge in [-0.25, -0.2) is 4.98 Å². The van der Waals surface area contributed by atoms with Gasteiger partial charge in [0.15, 0.2) is 0 Å². The number of aromatic nitrogens is 1. The molecule has 1 amide bonds. The molecule has 23 heavy (non-hydrogen) atoms. The lowest BCUT2D eigenvalue weighted by Gasteiger charge is -2.25. The first-order valence-electron chi connectivity index (χ1n) is 8.02. The molecule has 6 heteroatoms. The summed E-state index contributed by atoms with van der Waals surface area (Å²) in [5.41, 5.74) is 4.10. The highest BCUT2D eigenvalue weighted by Gasteiger charge is 2.23. The van der Waals surface area contributed by atoms with Gasteiger partial charge in [0.2, 0.25) is 5.91 Å². The summed E-state index contributed by atoms with van der Waals surface area (Å²) >= 11 is 3.31. The number of thiophene rings is 1. The fourth-order valence-electron chi connectivity index (χ4n) is 2.84. The lowest BCUT2D eigenvalue weighted by Crippen LogP contribution is -2.37. The summed E-state index contributed by atoms with van der Waals surface area (Å²) in [6.45, 7) is 4.22. The smallest absolute Gasteiger partial charge is 0.223 e. The fraction of sp³-hybridized carbons (Fsp3) is 0.529. The standard InChI is InChI=1S/C17H22N2O2S2/c1-13-16(23-12-18-13)4-5-17(20)19(9-14-6-8-22-11-14)10-15-3-2-7-21-15/h6,8,11-12,15H,2-5,7,9-10H2,1H3/t15-/m1/s1. The van der Waals surface area contributed by atoms with Crippen molar-refractivity contribution in [1.29, 1.82) is 0 Å². The second-order valence-corrected chi connectivity index (χ2v) is 7.62. The van der Waals surface area contributed by atoms with E-state index in [1.54, 1.807) is 22.7 Å². The Morgan fingerprint density at radius 3 is 3.09 bits per heavy atom. The molecule has 2 aromatic rings. The van der Waals surface area contributed by atoms with Crippen LogP contribution in [-0.4, -0.2) is 35.0 Å². The third kappa shape index (κ3) is 4.62. The van der Waals surface area contributed by atoms with E-state index in [4.69, 9.17) is 4.74 Å². The van der Waals surface area contributed by atoms with Gasteiger partial charge in [0, 0.05) is 31.0 Å². The molecule has 1 fully saturated rings. The largest absolute Gasteiger partial charge is 0.376 e. The van der Waals surface area contributed by atoms with E-state index in [-0.39, 0.29) is 12.0 Å². The molecule has 1 atom stereocenters. The Hall–Kier alpha value is -1.24. The molecule has 0 saturated carbocycles. The van der Waals surface area contributed by atoms with Crippen molar-refractivity contribution in [2.45, 2.75) is 45.3 Å². The van der Waals surface area contributed by atoms with E-state index in [9.17, 15) is 4.79 Å². The molecule has 3 rings (SSSR count). The van der Waals surface area contributed by atoms with E-state index < -0.39 is 0 Å². The number of rotatable bonds is 7. The summed E-state index contributed by atoms with van der Waals surface area (Å²) in [7, 11) is 0. The van der Waals surface area contributed by atoms with E-state index in [2.05, 4.69) is 21.8 Å². The molecular formula is C17H22N2O2S2. The lowest BCUT2D eigenvalue weighted by molar-refractivity contribution is -0.133. The van der Waals surface area contributed by atoms with Gasteiger partial charge in [-0.2, -0.15) is 11.3 Å². The van der Waals surface area contributed by atoms with Crippen LogP contribution in [0.3, 0.4) is 0 Å². The monoisotopic (exact) mass is 350 g/mol. The maximum absolute atomic E-state index is 12.7. The average Bonchev–Trinajstić information content (AvgIpc) is 3.27. The Morgan fingerprint density at radius 1 is 1.52 bits per heavy atom. The Balaban J connectivity index is 1.60. The SMILES string of the molecule is Cc1ncsc1CCC(=O)N(Cc1ccsc1)C[C@H]1CCCO1. The van der Waals surface area contributed by atoms with Crippen LogP contribution in [0.4, 0.5) is 0 Å². The first kappa shape index (κ1) is 16.6. The quantitative estimate of drug-likeness (QED) is 0.765. The number of carbonyl (C=O) groups is 1. The summed E-state index contributed by atoms with van der Waals surface area (Å²) in [5, 5.41) is 4.17. The van der Waals surface area contributed by atoms with Crippen molar-refractivity contribution in [3.05, 3.63) is 38.5 Å². The first-order valence-corrected chi connectivity index (χ1v) is 9.84. The molecule has 124 valence electrons. The molecule has 1 saturated heterocycles. The van der Waals surface area contributed by atoms with Crippen molar-refractivity contribution >= 4 is 28.6 Å². The van der Waals surface area contributed by atoms with Crippen LogP contribution in [0.25, 0.3) is 0 Å². The normalized spacial score (nSPS) is 17.5. The van der Waals surface area contributed by atoms with Gasteiger partial charge in [-0.05, 0) is 48.6 Å². The number of thiazole rings is 1. The minimum atomic E-state index is 0.197. The predicted octanol–water partition coefficient (Wildman–Crippen LogP) is 3.65. The van der Waals surface area contributed by atoms with Crippen molar-refractivity contribution in [2.24, 2.45) is 0 Å². The van der Waals surface area contributed by atoms with E-state index in [0.29, 0.717) is 19.5 Å². The van der Waals surface area contributed by atoms with Crippen molar-refractivity contribution in [1.82, 2.24) is 9.88 Å². The van der Waals surface area contributed by atoms with Crippen molar-refractivity contribution in [2.75, 3.05) is 13.2 Å². The highest BCUT2D eigenvalue weighted by molar-refractivity contribution is 7.09. The van der Waals surface area contributed by atoms with Crippen LogP contribution in [0.1, 0.15) is 35.4 Å². The molecule has 3 heterocycles. The zero-order valence-electron chi connectivity index (χ0n) is 13.4. The molecule has 0 unspecified atom stereocenters. The first-order chi connectivity index (χ1) is 11.2. The third-order valence-corrected chi connectivity index (χ3v) is 5.89. The second-order valence-electron chi connectivity index (χ2n) is 5.90. The van der Waals surface area contributed by atoms with Gasteiger partial charge in [-0.3, -0.25) is 4.79 Å². The van der Waals surface area contributed by atoms with Crippen LogP contribution < -0.4 is 0 Å². The molecule has 1 aliphatic rings. The Morgan fingerprint density at radius 2 is 2.43 bits per heavy atom. The molecule has 0 bridgehead atoms. The van der Waals surface area contributed by atoms with E-state index >= 15 is 0 Å². The maximum atomic E-state index is 12.7. The number of carbonyl (C=O) groups excluding carboxylic acids is 1. The summed E-state index contributed by atoms with van der Waals surface area (Å²) < 4.78 is 5.72. The van der Waals surface area contributed by atoms with Crippen molar-refractivity contribution < 1.29 is 9.53 Å². The van der Waals surface area contributed by atoms with Crippen molar-refractivity contribution in [3.63, 3.8) is 0 Å². The van der Waals surface area contributed by atoms with E-state index in [1.807, 2.05) is 17.3 Å². The summed E-state index contributed by atoms with van der Waals surface area (Å²) in [5.74, 6) is 0.208. The zero-order valence-corrected chi connectivity index (χ0v) is 15.0. The zero-order chi connectivity index (χ0) is 16.1. The molecule has 0 aromatic carbocycles. The summed E-state index contributed by atoms with van der Waals surface area (Å²) in [6, 6.07) is 2.09. The Bertz CT molecular complexity index is 618. The molecule has 4 nitrogen and oxygen atoms in total. The fourth-order valence-corrected chi connectivity index (χ4v) is 4.28. The predicted molar refractivity (Wildman–Crippen MR) is 93.9 cm³/mol. The van der Waals surface area contributed by atoms with Crippen LogP contribution >= 0.6 is 22.7 Å². The maximum Gasteiger partial charge on any atom is 0.223 e. The van der Waals surface area contributed by atoms with Gasteiger partial charge in [0.05, 0.1) is 17.3 Å². The molecule has 2 aromatic heterocycles. The van der Waals surface area contributed by atoms with Crippen LogP contribution in [0, 0.1) is 6.92 Å². The molecule has 0 aliphatic carbocycles. The van der Waals surface area contributed by atoms with Gasteiger partial charge in [-0.15, -0.1) is 11.3 Å². The van der Waals surface area contributed by atoms with Crippen LogP contribution in [0.2, 0.25) is 0 Å². The van der Waals surface area contributed by atoms with Crippen LogP contribution in [-0.2, 0) is 22.5 Å². The second kappa shape index (κ2) is 8.04. The molecular weight excluding hydrogens is 328 g/mol. The van der Waals surface area contributed by atoms with Crippen molar-refractivity contribution in [3.8, 4) is 0 Å². The summed E-state index contributed by atoms with van der Waals surface area (Å²) in [4.78, 5) is 20.2. The van der Waals surface area contributed by atoms with Gasteiger partial charge >= 0.3 is 0 Å². The minimum Gasteiger partial charge on any atom is -0.376 e. The minimum absolute atomic E-state index is 0.197. The molecule has 0 radical (unpaired) electrons. The van der Waals surface area contributed by atoms with Crippen LogP contribution in [0.15, 0.2) is 22.3 Å². The number of aryl methyl sites for hydroxylation is 2. The number of hydrogen-bond donors (Lipinski definition) is 0. The number of hydrogen-bond acceptors (Lipinski definition) is 5. The van der Waals surface area contributed by atoms with Gasteiger partial charge in [-0.1, -0.05) is 0 Å². The highest BCUT2D eigenvalue weighted by Crippen LogP contribution is 2.19. The Kier molecular flexibility index (Phi) is 5.80. The summed E-state index contributed by atoms with van der Waals surface area (Å²) in [6.07, 6.45) is 3.68. The average molecular weight is 351 g/mol. The number of nitrogens with zero attached hydrogens (tertiary/aromatic N) is 2. The number of amides is 1. The lowest BCUT2D eigenvalue weighted by atomic mass is 10.1. The molecule has 0 spiro atoms. The van der Waals surface area contributed by atoms with Crippen LogP contribution in [0.5, 0.6) is 0 Å². The van der Waals surface area contributed by atoms with E-state index in [1.165, 1.54) is 10.4 Å². The Labute approximate surface area is 145 Å². The van der Waals surface area contributed by atoms with Gasteiger partial charge in [0.1, 0.15) is 0 Å². The van der Waals surface area contributed by atoms with E-state index in [0.717, 1.165) is 31.6 Å². The number of ether oxygens (including phenoxy) is 1. The molecule has 1 aliphatic heterocycles. The topological polar surface area (TPSA) is 42.4 Å². The molecule has 0 N–H and O–H groups in total.